The van der Waals surface area contributed by atoms with Gasteiger partial charge in [0.2, 0.25) is 10.0 Å². The summed E-state index contributed by atoms with van der Waals surface area (Å²) < 4.78 is 26.5. The van der Waals surface area contributed by atoms with Crippen molar-refractivity contribution in [1.29, 1.82) is 0 Å². The van der Waals surface area contributed by atoms with Gasteiger partial charge in [0.15, 0.2) is 0 Å². The number of sulfonamides is 1. The van der Waals surface area contributed by atoms with E-state index >= 15 is 0 Å². The van der Waals surface area contributed by atoms with Crippen LogP contribution in [-0.2, 0) is 10.0 Å². The average molecular weight is 271 g/mol. The highest BCUT2D eigenvalue weighted by Gasteiger charge is 2.25. The number of rotatable bonds is 5. The number of anilines is 1. The molecule has 1 aromatic rings. The van der Waals surface area contributed by atoms with Crippen molar-refractivity contribution in [2.24, 2.45) is 5.41 Å². The summed E-state index contributed by atoms with van der Waals surface area (Å²) in [4.78, 5) is 0. The molecule has 0 fully saturated rings. The molecular weight excluding hydrogens is 250 g/mol. The van der Waals surface area contributed by atoms with Gasteiger partial charge in [-0.05, 0) is 25.5 Å². The third kappa shape index (κ3) is 4.31. The van der Waals surface area contributed by atoms with Gasteiger partial charge in [-0.2, -0.15) is 0 Å². The van der Waals surface area contributed by atoms with Gasteiger partial charge in [-0.3, -0.25) is 4.72 Å². The van der Waals surface area contributed by atoms with Crippen LogP contribution in [0.4, 0.5) is 5.69 Å². The normalized spacial score (nSPS) is 12.5. The van der Waals surface area contributed by atoms with E-state index in [-0.39, 0.29) is 12.4 Å². The summed E-state index contributed by atoms with van der Waals surface area (Å²) in [6, 6.07) is 5.55. The van der Waals surface area contributed by atoms with Gasteiger partial charge in [-0.25, -0.2) is 8.42 Å². The van der Waals surface area contributed by atoms with E-state index in [1.165, 1.54) is 0 Å². The first-order chi connectivity index (χ1) is 8.15. The van der Waals surface area contributed by atoms with Gasteiger partial charge in [0.05, 0.1) is 11.4 Å². The first kappa shape index (κ1) is 15.0. The summed E-state index contributed by atoms with van der Waals surface area (Å²) >= 11 is 0. The second-order valence-corrected chi connectivity index (χ2v) is 7.22. The Kier molecular flexibility index (Phi) is 4.40. The maximum atomic E-state index is 12.0. The molecule has 0 aliphatic heterocycles. The highest BCUT2D eigenvalue weighted by Crippen LogP contribution is 2.21. The fourth-order valence-electron chi connectivity index (χ4n) is 1.69. The van der Waals surface area contributed by atoms with E-state index in [1.54, 1.807) is 19.9 Å². The van der Waals surface area contributed by atoms with Gasteiger partial charge in [0.1, 0.15) is 0 Å². The fraction of sp³-hybridized carbons (Fsp3) is 0.538. The zero-order valence-electron chi connectivity index (χ0n) is 11.3. The number of aryl methyl sites for hydroxylation is 2. The number of aliphatic hydroxyl groups is 1. The quantitative estimate of drug-likeness (QED) is 0.861. The van der Waals surface area contributed by atoms with Crippen LogP contribution in [-0.4, -0.2) is 25.9 Å². The lowest BCUT2D eigenvalue weighted by molar-refractivity contribution is 0.179. The van der Waals surface area contributed by atoms with Crippen LogP contribution in [0, 0.1) is 19.3 Å². The Balaban J connectivity index is 2.90. The molecule has 0 aromatic heterocycles. The summed E-state index contributed by atoms with van der Waals surface area (Å²) in [5.74, 6) is -0.107. The third-order valence-electron chi connectivity index (χ3n) is 2.66. The maximum Gasteiger partial charge on any atom is 0.233 e. The average Bonchev–Trinajstić information content (AvgIpc) is 2.21. The molecule has 2 N–H and O–H groups in total. The maximum absolute atomic E-state index is 12.0. The molecule has 4 nitrogen and oxygen atoms in total. The third-order valence-corrected chi connectivity index (χ3v) is 4.35. The van der Waals surface area contributed by atoms with E-state index in [4.69, 9.17) is 5.11 Å². The van der Waals surface area contributed by atoms with Crippen LogP contribution in [0.1, 0.15) is 25.0 Å². The second-order valence-electron chi connectivity index (χ2n) is 5.50. The van der Waals surface area contributed by atoms with Gasteiger partial charge >= 0.3 is 0 Å². The molecule has 0 aliphatic rings. The molecule has 5 heteroatoms. The van der Waals surface area contributed by atoms with Crippen LogP contribution in [0.5, 0.6) is 0 Å². The molecule has 0 aliphatic carbocycles. The van der Waals surface area contributed by atoms with Crippen LogP contribution in [0.15, 0.2) is 18.2 Å². The predicted octanol–water partition coefficient (Wildman–Crippen LogP) is 2.06. The van der Waals surface area contributed by atoms with E-state index in [1.807, 2.05) is 26.0 Å². The SMILES string of the molecule is Cc1ccc(NS(=O)(=O)CC(C)(C)CO)c(C)c1. The number of hydrogen-bond donors (Lipinski definition) is 2. The van der Waals surface area contributed by atoms with Crippen molar-refractivity contribution >= 4 is 15.7 Å². The summed E-state index contributed by atoms with van der Waals surface area (Å²) in [6.07, 6.45) is 0. The lowest BCUT2D eigenvalue weighted by Gasteiger charge is -2.22. The lowest BCUT2D eigenvalue weighted by Crippen LogP contribution is -2.31. The van der Waals surface area contributed by atoms with Crippen LogP contribution in [0.2, 0.25) is 0 Å². The Morgan fingerprint density at radius 1 is 1.28 bits per heavy atom. The van der Waals surface area contributed by atoms with Gasteiger partial charge in [0, 0.05) is 12.0 Å². The Morgan fingerprint density at radius 2 is 1.89 bits per heavy atom. The molecule has 102 valence electrons. The van der Waals surface area contributed by atoms with Crippen molar-refractivity contribution in [1.82, 2.24) is 0 Å². The minimum atomic E-state index is -3.45. The highest BCUT2D eigenvalue weighted by molar-refractivity contribution is 7.92. The zero-order valence-corrected chi connectivity index (χ0v) is 12.1. The molecule has 0 saturated heterocycles. The second kappa shape index (κ2) is 5.28. The van der Waals surface area contributed by atoms with E-state index in [0.717, 1.165) is 11.1 Å². The molecule has 0 bridgehead atoms. The van der Waals surface area contributed by atoms with Gasteiger partial charge in [-0.1, -0.05) is 31.5 Å². The largest absolute Gasteiger partial charge is 0.396 e. The van der Waals surface area contributed by atoms with Crippen molar-refractivity contribution < 1.29 is 13.5 Å². The molecule has 1 aromatic carbocycles. The summed E-state index contributed by atoms with van der Waals surface area (Å²) in [7, 11) is -3.45. The molecule has 0 spiro atoms. The first-order valence-corrected chi connectivity index (χ1v) is 7.49. The predicted molar refractivity (Wildman–Crippen MR) is 74.2 cm³/mol. The van der Waals surface area contributed by atoms with E-state index < -0.39 is 15.4 Å². The lowest BCUT2D eigenvalue weighted by atomic mass is 9.98. The van der Waals surface area contributed by atoms with Crippen LogP contribution in [0.3, 0.4) is 0 Å². The summed E-state index contributed by atoms with van der Waals surface area (Å²) in [5.41, 5.74) is 1.92. The van der Waals surface area contributed by atoms with Crippen molar-refractivity contribution in [3.8, 4) is 0 Å². The van der Waals surface area contributed by atoms with Crippen molar-refractivity contribution in [3.63, 3.8) is 0 Å². The summed E-state index contributed by atoms with van der Waals surface area (Å²) in [6.45, 7) is 7.09. The minimum Gasteiger partial charge on any atom is -0.396 e. The number of benzene rings is 1. The molecule has 0 amide bonds. The molecule has 18 heavy (non-hydrogen) atoms. The van der Waals surface area contributed by atoms with Crippen molar-refractivity contribution in [3.05, 3.63) is 29.3 Å². The molecule has 0 unspecified atom stereocenters. The molecule has 0 radical (unpaired) electrons. The van der Waals surface area contributed by atoms with Crippen LogP contribution in [0.25, 0.3) is 0 Å². The molecule has 1 rings (SSSR count). The van der Waals surface area contributed by atoms with Gasteiger partial charge in [0.25, 0.3) is 0 Å². The van der Waals surface area contributed by atoms with Crippen LogP contribution >= 0.6 is 0 Å². The van der Waals surface area contributed by atoms with E-state index in [2.05, 4.69) is 4.72 Å². The number of hydrogen-bond acceptors (Lipinski definition) is 3. The van der Waals surface area contributed by atoms with Crippen molar-refractivity contribution in [2.75, 3.05) is 17.1 Å². The topological polar surface area (TPSA) is 66.4 Å². The standard InChI is InChI=1S/C13H21NO3S/c1-10-5-6-12(11(2)7-10)14-18(16,17)9-13(3,4)8-15/h5-7,14-15H,8-9H2,1-4H3. The van der Waals surface area contributed by atoms with Crippen molar-refractivity contribution in [2.45, 2.75) is 27.7 Å². The van der Waals surface area contributed by atoms with Gasteiger partial charge < -0.3 is 5.11 Å². The van der Waals surface area contributed by atoms with Crippen LogP contribution < -0.4 is 4.72 Å². The molecule has 0 atom stereocenters. The monoisotopic (exact) mass is 271 g/mol. The molecule has 0 heterocycles. The fourth-order valence-corrected chi connectivity index (χ4v) is 3.45. The molecule has 0 saturated carbocycles. The zero-order chi connectivity index (χ0) is 14.0. The molecular formula is C13H21NO3S. The van der Waals surface area contributed by atoms with E-state index in [0.29, 0.717) is 5.69 Å². The van der Waals surface area contributed by atoms with E-state index in [9.17, 15) is 8.42 Å². The first-order valence-electron chi connectivity index (χ1n) is 5.84. The smallest absolute Gasteiger partial charge is 0.233 e. The highest BCUT2D eigenvalue weighted by atomic mass is 32.2. The number of aliphatic hydroxyl groups excluding tert-OH is 1. The summed E-state index contributed by atoms with van der Waals surface area (Å²) in [5, 5.41) is 9.12. The Bertz CT molecular complexity index is 521. The Morgan fingerprint density at radius 3 is 2.39 bits per heavy atom. The number of nitrogens with one attached hydrogen (secondary N) is 1. The van der Waals surface area contributed by atoms with Gasteiger partial charge in [-0.15, -0.1) is 0 Å². The Labute approximate surface area is 109 Å². The minimum absolute atomic E-state index is 0.107. The Hall–Kier alpha value is -1.07.